The first kappa shape index (κ1) is 13.4. The zero-order chi connectivity index (χ0) is 14.2. The van der Waals surface area contributed by atoms with Crippen LogP contribution < -0.4 is 5.32 Å². The van der Waals surface area contributed by atoms with Gasteiger partial charge in [-0.2, -0.15) is 13.2 Å². The smallest absolute Gasteiger partial charge is 0.309 e. The molecule has 4 heteroatoms. The van der Waals surface area contributed by atoms with Crippen LogP contribution in [0.1, 0.15) is 24.4 Å². The van der Waals surface area contributed by atoms with Gasteiger partial charge in [0.1, 0.15) is 0 Å². The lowest BCUT2D eigenvalue weighted by Crippen LogP contribution is -2.40. The van der Waals surface area contributed by atoms with Crippen LogP contribution in [0.15, 0.2) is 42.5 Å². The van der Waals surface area contributed by atoms with E-state index in [1.807, 2.05) is 36.4 Å². The highest BCUT2D eigenvalue weighted by atomic mass is 19.4. The van der Waals surface area contributed by atoms with Crippen LogP contribution in [0.4, 0.5) is 13.2 Å². The van der Waals surface area contributed by atoms with Crippen LogP contribution in [0.2, 0.25) is 0 Å². The maximum Gasteiger partial charge on any atom is 0.393 e. The lowest BCUT2D eigenvalue weighted by molar-refractivity contribution is -0.179. The molecule has 1 nitrogen and oxygen atoms in total. The Morgan fingerprint density at radius 2 is 1.70 bits per heavy atom. The number of nitrogens with one attached hydrogen (secondary N) is 1. The minimum Gasteiger partial charge on any atom is -0.309 e. The third kappa shape index (κ3) is 2.66. The SMILES string of the molecule is FC(F)(F)C1CCC(c2ccc3ccccc3c2)NC1. The standard InChI is InChI=1S/C16H16F3N/c17-16(18,19)14-7-8-15(20-10-14)13-6-5-11-3-1-2-4-12(11)9-13/h1-6,9,14-15,20H,7-8,10H2. The number of fused-ring (bicyclic) bond motifs is 1. The third-order valence-electron chi connectivity index (χ3n) is 4.05. The van der Waals surface area contributed by atoms with Crippen molar-refractivity contribution in [2.45, 2.75) is 25.1 Å². The molecule has 2 atom stereocenters. The second kappa shape index (κ2) is 5.09. The Morgan fingerprint density at radius 1 is 0.950 bits per heavy atom. The molecule has 1 aliphatic heterocycles. The van der Waals surface area contributed by atoms with Crippen LogP contribution in [0, 0.1) is 5.92 Å². The quantitative estimate of drug-likeness (QED) is 0.813. The van der Waals surface area contributed by atoms with Crippen molar-refractivity contribution < 1.29 is 13.2 Å². The van der Waals surface area contributed by atoms with E-state index in [9.17, 15) is 13.2 Å². The molecule has 1 N–H and O–H groups in total. The van der Waals surface area contributed by atoms with Crippen molar-refractivity contribution in [3.05, 3.63) is 48.0 Å². The molecule has 0 aliphatic carbocycles. The number of rotatable bonds is 1. The van der Waals surface area contributed by atoms with Crippen molar-refractivity contribution in [1.29, 1.82) is 0 Å². The molecule has 1 aliphatic rings. The van der Waals surface area contributed by atoms with E-state index in [0.717, 1.165) is 16.3 Å². The molecule has 0 saturated carbocycles. The largest absolute Gasteiger partial charge is 0.393 e. The van der Waals surface area contributed by atoms with Gasteiger partial charge in [-0.25, -0.2) is 0 Å². The van der Waals surface area contributed by atoms with Crippen LogP contribution >= 0.6 is 0 Å². The van der Waals surface area contributed by atoms with Crippen LogP contribution in [0.5, 0.6) is 0 Å². The third-order valence-corrected chi connectivity index (χ3v) is 4.05. The molecule has 0 radical (unpaired) electrons. The van der Waals surface area contributed by atoms with Crippen molar-refractivity contribution in [3.63, 3.8) is 0 Å². The molecular formula is C16H16F3N. The molecule has 1 heterocycles. The van der Waals surface area contributed by atoms with E-state index in [4.69, 9.17) is 0 Å². The van der Waals surface area contributed by atoms with Gasteiger partial charge in [-0.3, -0.25) is 0 Å². The molecular weight excluding hydrogens is 263 g/mol. The van der Waals surface area contributed by atoms with E-state index in [1.165, 1.54) is 0 Å². The highest BCUT2D eigenvalue weighted by Crippen LogP contribution is 2.35. The minimum atomic E-state index is -4.08. The van der Waals surface area contributed by atoms with E-state index in [-0.39, 0.29) is 19.0 Å². The molecule has 3 rings (SSSR count). The van der Waals surface area contributed by atoms with Gasteiger partial charge in [0, 0.05) is 12.6 Å². The Balaban J connectivity index is 1.76. The second-order valence-corrected chi connectivity index (χ2v) is 5.38. The molecule has 0 bridgehead atoms. The van der Waals surface area contributed by atoms with Crippen molar-refractivity contribution >= 4 is 10.8 Å². The molecule has 1 saturated heterocycles. The summed E-state index contributed by atoms with van der Waals surface area (Å²) in [5.74, 6) is -1.21. The molecule has 106 valence electrons. The Bertz CT molecular complexity index is 598. The predicted octanol–water partition coefficient (Wildman–Crippen LogP) is 4.44. The molecule has 0 amide bonds. The van der Waals surface area contributed by atoms with Gasteiger partial charge in [0.15, 0.2) is 0 Å². The molecule has 2 aromatic carbocycles. The summed E-state index contributed by atoms with van der Waals surface area (Å²) in [7, 11) is 0. The minimum absolute atomic E-state index is 0.0149. The van der Waals surface area contributed by atoms with Gasteiger partial charge in [-0.05, 0) is 35.2 Å². The molecule has 2 unspecified atom stereocenters. The van der Waals surface area contributed by atoms with Gasteiger partial charge >= 0.3 is 6.18 Å². The fourth-order valence-corrected chi connectivity index (χ4v) is 2.84. The van der Waals surface area contributed by atoms with Crippen LogP contribution in [0.25, 0.3) is 10.8 Å². The summed E-state index contributed by atoms with van der Waals surface area (Å²) in [4.78, 5) is 0. The summed E-state index contributed by atoms with van der Waals surface area (Å²) in [6.07, 6.45) is -3.35. The molecule has 1 fully saturated rings. The van der Waals surface area contributed by atoms with Crippen molar-refractivity contribution in [2.75, 3.05) is 6.54 Å². The van der Waals surface area contributed by atoms with E-state index in [0.29, 0.717) is 6.42 Å². The fraction of sp³-hybridized carbons (Fsp3) is 0.375. The van der Waals surface area contributed by atoms with Gasteiger partial charge in [0.2, 0.25) is 0 Å². The number of benzene rings is 2. The average molecular weight is 279 g/mol. The van der Waals surface area contributed by atoms with Gasteiger partial charge in [-0.1, -0.05) is 36.4 Å². The van der Waals surface area contributed by atoms with Crippen LogP contribution in [-0.4, -0.2) is 12.7 Å². The van der Waals surface area contributed by atoms with E-state index in [2.05, 4.69) is 11.4 Å². The molecule has 20 heavy (non-hydrogen) atoms. The number of alkyl halides is 3. The number of piperidine rings is 1. The van der Waals surface area contributed by atoms with Crippen molar-refractivity contribution in [3.8, 4) is 0 Å². The van der Waals surface area contributed by atoms with Crippen LogP contribution in [0.3, 0.4) is 0 Å². The number of hydrogen-bond donors (Lipinski definition) is 1. The zero-order valence-electron chi connectivity index (χ0n) is 11.0. The topological polar surface area (TPSA) is 12.0 Å². The van der Waals surface area contributed by atoms with Gasteiger partial charge in [0.05, 0.1) is 5.92 Å². The van der Waals surface area contributed by atoms with Gasteiger partial charge < -0.3 is 5.32 Å². The summed E-state index contributed by atoms with van der Waals surface area (Å²) < 4.78 is 37.9. The first-order valence-corrected chi connectivity index (χ1v) is 6.83. The average Bonchev–Trinajstić information content (AvgIpc) is 2.46. The van der Waals surface area contributed by atoms with E-state index < -0.39 is 12.1 Å². The van der Waals surface area contributed by atoms with E-state index >= 15 is 0 Å². The first-order chi connectivity index (χ1) is 9.54. The van der Waals surface area contributed by atoms with Gasteiger partial charge in [-0.15, -0.1) is 0 Å². The Kier molecular flexibility index (Phi) is 3.42. The van der Waals surface area contributed by atoms with Gasteiger partial charge in [0.25, 0.3) is 0 Å². The zero-order valence-corrected chi connectivity index (χ0v) is 11.0. The molecule has 2 aromatic rings. The monoisotopic (exact) mass is 279 g/mol. The lowest BCUT2D eigenvalue weighted by Gasteiger charge is -2.31. The highest BCUT2D eigenvalue weighted by Gasteiger charge is 2.41. The number of hydrogen-bond acceptors (Lipinski definition) is 1. The maximum absolute atomic E-state index is 12.6. The van der Waals surface area contributed by atoms with E-state index in [1.54, 1.807) is 0 Å². The van der Waals surface area contributed by atoms with Crippen molar-refractivity contribution in [2.24, 2.45) is 5.92 Å². The predicted molar refractivity (Wildman–Crippen MR) is 73.5 cm³/mol. The second-order valence-electron chi connectivity index (χ2n) is 5.38. The molecule has 0 spiro atoms. The summed E-state index contributed by atoms with van der Waals surface area (Å²) in [6, 6.07) is 14.2. The molecule has 0 aromatic heterocycles. The Labute approximate surface area is 115 Å². The Morgan fingerprint density at radius 3 is 2.35 bits per heavy atom. The summed E-state index contributed by atoms with van der Waals surface area (Å²) >= 11 is 0. The summed E-state index contributed by atoms with van der Waals surface area (Å²) in [5.41, 5.74) is 1.07. The summed E-state index contributed by atoms with van der Waals surface area (Å²) in [6.45, 7) is 0.0149. The normalized spacial score (nSPS) is 23.9. The first-order valence-electron chi connectivity index (χ1n) is 6.83. The lowest BCUT2D eigenvalue weighted by atomic mass is 9.90. The highest BCUT2D eigenvalue weighted by molar-refractivity contribution is 5.83. The fourth-order valence-electron chi connectivity index (χ4n) is 2.84. The summed E-state index contributed by atoms with van der Waals surface area (Å²) in [5, 5.41) is 5.32. The maximum atomic E-state index is 12.6. The van der Waals surface area contributed by atoms with Crippen molar-refractivity contribution in [1.82, 2.24) is 5.32 Å². The Hall–Kier alpha value is -1.55. The van der Waals surface area contributed by atoms with Crippen LogP contribution in [-0.2, 0) is 0 Å². The number of halogens is 3.